The lowest BCUT2D eigenvalue weighted by Gasteiger charge is -2.23. The summed E-state index contributed by atoms with van der Waals surface area (Å²) in [4.78, 5) is 32.9. The number of nitrogens with one attached hydrogen (secondary N) is 1. The number of anilines is 1. The first-order valence-electron chi connectivity index (χ1n) is 12.3. The van der Waals surface area contributed by atoms with E-state index in [9.17, 15) is 14.0 Å². The smallest absolute Gasteiger partial charge is 0.256 e. The number of aromatic nitrogens is 2. The fourth-order valence-electron chi connectivity index (χ4n) is 4.16. The Labute approximate surface area is 230 Å². The van der Waals surface area contributed by atoms with Crippen molar-refractivity contribution in [3.05, 3.63) is 137 Å². The van der Waals surface area contributed by atoms with Gasteiger partial charge in [-0.25, -0.2) is 9.37 Å². The third-order valence-electron chi connectivity index (χ3n) is 6.07. The Morgan fingerprint density at radius 3 is 2.18 bits per heavy atom. The minimum Gasteiger partial charge on any atom is -0.325 e. The molecule has 0 aliphatic rings. The number of benzene rings is 4. The molecule has 0 bridgehead atoms. The zero-order chi connectivity index (χ0) is 27.2. The Bertz CT molecular complexity index is 1590. The molecule has 0 radical (unpaired) electrons. The minimum atomic E-state index is -0.445. The van der Waals surface area contributed by atoms with Crippen molar-refractivity contribution in [2.75, 3.05) is 11.9 Å². The van der Waals surface area contributed by atoms with Gasteiger partial charge in [0, 0.05) is 24.0 Å². The van der Waals surface area contributed by atoms with Crippen LogP contribution in [0.5, 0.6) is 0 Å². The van der Waals surface area contributed by atoms with E-state index in [1.807, 2.05) is 60.7 Å². The highest BCUT2D eigenvalue weighted by atomic mass is 35.5. The summed E-state index contributed by atoms with van der Waals surface area (Å²) in [7, 11) is 0. The van der Waals surface area contributed by atoms with E-state index >= 15 is 0 Å². The van der Waals surface area contributed by atoms with Crippen LogP contribution in [0, 0.1) is 5.82 Å². The Balaban J connectivity index is 1.44. The average Bonchev–Trinajstić information content (AvgIpc) is 3.37. The molecule has 1 aromatic heterocycles. The van der Waals surface area contributed by atoms with Gasteiger partial charge in [-0.1, -0.05) is 84.4 Å². The molecule has 1 heterocycles. The third-order valence-corrected chi connectivity index (χ3v) is 6.40. The topological polar surface area (TPSA) is 67.2 Å². The quantitative estimate of drug-likeness (QED) is 0.242. The summed E-state index contributed by atoms with van der Waals surface area (Å²) in [6.45, 7) is -0.0319. The van der Waals surface area contributed by atoms with Crippen molar-refractivity contribution >= 4 is 29.4 Å². The standard InChI is InChI=1S/C31H24ClFN4O2/c32-27-14-8-7-13-26(27)30(39)36(19-22-9-3-1-4-10-22)21-29(38)35-31-34-28(23-11-5-2-6-12-23)20-37(31)25-17-15-24(33)16-18-25/h1-18,20H,19,21H2,(H,34,35,38). The zero-order valence-electron chi connectivity index (χ0n) is 20.8. The number of carbonyl (C=O) groups excluding carboxylic acids is 2. The van der Waals surface area contributed by atoms with Crippen LogP contribution in [-0.4, -0.2) is 32.8 Å². The van der Waals surface area contributed by atoms with Gasteiger partial charge in [-0.15, -0.1) is 0 Å². The largest absolute Gasteiger partial charge is 0.325 e. The van der Waals surface area contributed by atoms with E-state index in [-0.39, 0.29) is 30.8 Å². The number of hydrogen-bond donors (Lipinski definition) is 1. The molecule has 5 aromatic rings. The van der Waals surface area contributed by atoms with Gasteiger partial charge in [0.05, 0.1) is 16.3 Å². The van der Waals surface area contributed by atoms with E-state index in [0.29, 0.717) is 22.0 Å². The fourth-order valence-corrected chi connectivity index (χ4v) is 4.38. The van der Waals surface area contributed by atoms with Gasteiger partial charge in [0.25, 0.3) is 5.91 Å². The van der Waals surface area contributed by atoms with Gasteiger partial charge in [0.15, 0.2) is 0 Å². The maximum Gasteiger partial charge on any atom is 0.256 e. The molecule has 0 atom stereocenters. The molecule has 2 amide bonds. The van der Waals surface area contributed by atoms with E-state index in [2.05, 4.69) is 10.3 Å². The average molecular weight is 539 g/mol. The van der Waals surface area contributed by atoms with E-state index in [0.717, 1.165) is 11.1 Å². The van der Waals surface area contributed by atoms with E-state index in [1.165, 1.54) is 17.0 Å². The van der Waals surface area contributed by atoms with Crippen LogP contribution in [0.25, 0.3) is 16.9 Å². The van der Waals surface area contributed by atoms with Gasteiger partial charge in [0.2, 0.25) is 11.9 Å². The van der Waals surface area contributed by atoms with Gasteiger partial charge in [-0.05, 0) is 42.0 Å². The summed E-state index contributed by atoms with van der Waals surface area (Å²) in [5, 5.41) is 3.15. The summed E-state index contributed by atoms with van der Waals surface area (Å²) < 4.78 is 15.3. The Morgan fingerprint density at radius 2 is 1.49 bits per heavy atom. The number of halogens is 2. The van der Waals surface area contributed by atoms with Crippen LogP contribution in [0.1, 0.15) is 15.9 Å². The lowest BCUT2D eigenvalue weighted by molar-refractivity contribution is -0.117. The molecule has 39 heavy (non-hydrogen) atoms. The van der Waals surface area contributed by atoms with Crippen LogP contribution in [0.2, 0.25) is 5.02 Å². The normalized spacial score (nSPS) is 10.7. The van der Waals surface area contributed by atoms with Crippen molar-refractivity contribution in [3.8, 4) is 16.9 Å². The molecule has 5 rings (SSSR count). The summed E-state index contributed by atoms with van der Waals surface area (Å²) >= 11 is 6.31. The second-order valence-corrected chi connectivity index (χ2v) is 9.24. The predicted molar refractivity (Wildman–Crippen MR) is 150 cm³/mol. The molecular formula is C31H24ClFN4O2. The Hall–Kier alpha value is -4.75. The molecule has 0 spiro atoms. The van der Waals surface area contributed by atoms with Gasteiger partial charge < -0.3 is 4.90 Å². The van der Waals surface area contributed by atoms with Crippen molar-refractivity contribution in [2.45, 2.75) is 6.54 Å². The second-order valence-electron chi connectivity index (χ2n) is 8.84. The molecule has 0 saturated heterocycles. The molecule has 6 nitrogen and oxygen atoms in total. The summed E-state index contributed by atoms with van der Waals surface area (Å²) in [6, 6.07) is 31.5. The maximum atomic E-state index is 13.6. The Morgan fingerprint density at radius 1 is 0.846 bits per heavy atom. The highest BCUT2D eigenvalue weighted by molar-refractivity contribution is 6.33. The molecule has 194 valence electrons. The zero-order valence-corrected chi connectivity index (χ0v) is 21.6. The van der Waals surface area contributed by atoms with Gasteiger partial charge in [0.1, 0.15) is 12.4 Å². The number of nitrogens with zero attached hydrogens (tertiary/aromatic N) is 3. The van der Waals surface area contributed by atoms with E-state index in [4.69, 9.17) is 11.6 Å². The van der Waals surface area contributed by atoms with Crippen LogP contribution in [0.4, 0.5) is 10.3 Å². The van der Waals surface area contributed by atoms with Crippen LogP contribution >= 0.6 is 11.6 Å². The van der Waals surface area contributed by atoms with Crippen molar-refractivity contribution in [1.29, 1.82) is 0 Å². The molecule has 8 heteroatoms. The number of amides is 2. The minimum absolute atomic E-state index is 0.208. The van der Waals surface area contributed by atoms with E-state index < -0.39 is 5.91 Å². The second kappa shape index (κ2) is 11.8. The van der Waals surface area contributed by atoms with Gasteiger partial charge >= 0.3 is 0 Å². The highest BCUT2D eigenvalue weighted by Gasteiger charge is 2.23. The number of hydrogen-bond acceptors (Lipinski definition) is 3. The molecule has 0 aliphatic carbocycles. The highest BCUT2D eigenvalue weighted by Crippen LogP contribution is 2.25. The number of carbonyl (C=O) groups is 2. The van der Waals surface area contributed by atoms with Crippen molar-refractivity contribution in [1.82, 2.24) is 14.5 Å². The Kier molecular flexibility index (Phi) is 7.80. The first-order chi connectivity index (χ1) is 19.0. The molecule has 4 aromatic carbocycles. The summed E-state index contributed by atoms with van der Waals surface area (Å²) in [5.41, 5.74) is 3.28. The maximum absolute atomic E-state index is 13.6. The number of imidazole rings is 1. The van der Waals surface area contributed by atoms with Crippen molar-refractivity contribution in [3.63, 3.8) is 0 Å². The lowest BCUT2D eigenvalue weighted by atomic mass is 10.1. The fraction of sp³-hybridized carbons (Fsp3) is 0.0645. The molecule has 1 N–H and O–H groups in total. The molecular weight excluding hydrogens is 515 g/mol. The van der Waals surface area contributed by atoms with Crippen molar-refractivity contribution in [2.24, 2.45) is 0 Å². The first-order valence-corrected chi connectivity index (χ1v) is 12.6. The van der Waals surface area contributed by atoms with E-state index in [1.54, 1.807) is 47.2 Å². The monoisotopic (exact) mass is 538 g/mol. The van der Waals surface area contributed by atoms with Crippen LogP contribution in [-0.2, 0) is 11.3 Å². The molecule has 0 fully saturated rings. The summed E-state index contributed by atoms with van der Waals surface area (Å²) in [6.07, 6.45) is 1.77. The molecule has 0 aliphatic heterocycles. The van der Waals surface area contributed by atoms with Gasteiger partial charge in [-0.3, -0.25) is 19.5 Å². The first kappa shape index (κ1) is 25.9. The predicted octanol–water partition coefficient (Wildman–Crippen LogP) is 6.61. The summed E-state index contributed by atoms with van der Waals surface area (Å²) in [5.74, 6) is -0.941. The molecule has 0 saturated carbocycles. The van der Waals surface area contributed by atoms with Crippen LogP contribution in [0.3, 0.4) is 0 Å². The SMILES string of the molecule is O=C(CN(Cc1ccccc1)C(=O)c1ccccc1Cl)Nc1nc(-c2ccccc2)cn1-c1ccc(F)cc1. The van der Waals surface area contributed by atoms with Crippen molar-refractivity contribution < 1.29 is 14.0 Å². The van der Waals surface area contributed by atoms with Gasteiger partial charge in [-0.2, -0.15) is 0 Å². The van der Waals surface area contributed by atoms with Crippen LogP contribution in [0.15, 0.2) is 115 Å². The lowest BCUT2D eigenvalue weighted by Crippen LogP contribution is -2.38. The van der Waals surface area contributed by atoms with Crippen LogP contribution < -0.4 is 5.32 Å². The third kappa shape index (κ3) is 6.22. The number of rotatable bonds is 8. The molecule has 0 unspecified atom stereocenters.